The maximum atomic E-state index is 5.65. The van der Waals surface area contributed by atoms with Crippen molar-refractivity contribution in [3.8, 4) is 0 Å². The van der Waals surface area contributed by atoms with E-state index in [0.29, 0.717) is 6.54 Å². The minimum absolute atomic E-state index is 0.586. The number of rotatable bonds is 4. The molecule has 2 aromatic carbocycles. The predicted octanol–water partition coefficient (Wildman–Crippen LogP) is 3.31. The summed E-state index contributed by atoms with van der Waals surface area (Å²) in [6, 6.07) is 16.4. The van der Waals surface area contributed by atoms with E-state index in [9.17, 15) is 0 Å². The van der Waals surface area contributed by atoms with E-state index in [1.807, 2.05) is 24.3 Å². The number of imidazole rings is 1. The van der Waals surface area contributed by atoms with Crippen LogP contribution in [0.1, 0.15) is 11.1 Å². The van der Waals surface area contributed by atoms with Crippen molar-refractivity contribution < 1.29 is 0 Å². The van der Waals surface area contributed by atoms with Crippen molar-refractivity contribution in [3.63, 3.8) is 0 Å². The average Bonchev–Trinajstić information content (AvgIpc) is 2.88. The highest BCUT2D eigenvalue weighted by molar-refractivity contribution is 7.98. The SMILES string of the molecule is NCc1cccc(CSc2nc3ccccc3[nH]2)c1. The molecule has 0 amide bonds. The fourth-order valence-electron chi connectivity index (χ4n) is 2.00. The second kappa shape index (κ2) is 5.47. The van der Waals surface area contributed by atoms with Crippen molar-refractivity contribution >= 4 is 22.8 Å². The molecular formula is C15H15N3S. The van der Waals surface area contributed by atoms with Crippen LogP contribution >= 0.6 is 11.8 Å². The lowest BCUT2D eigenvalue weighted by Gasteiger charge is -2.02. The molecular weight excluding hydrogens is 254 g/mol. The van der Waals surface area contributed by atoms with Crippen molar-refractivity contribution in [2.24, 2.45) is 5.73 Å². The van der Waals surface area contributed by atoms with Crippen LogP contribution in [0, 0.1) is 0 Å². The Hall–Kier alpha value is -1.78. The normalized spacial score (nSPS) is 11.0. The van der Waals surface area contributed by atoms with E-state index in [1.165, 1.54) is 11.1 Å². The van der Waals surface area contributed by atoms with Gasteiger partial charge in [-0.05, 0) is 23.3 Å². The van der Waals surface area contributed by atoms with Crippen molar-refractivity contribution in [3.05, 3.63) is 59.7 Å². The van der Waals surface area contributed by atoms with E-state index in [4.69, 9.17) is 5.73 Å². The zero-order valence-corrected chi connectivity index (χ0v) is 11.3. The number of nitrogens with two attached hydrogens (primary N) is 1. The summed E-state index contributed by atoms with van der Waals surface area (Å²) < 4.78 is 0. The summed E-state index contributed by atoms with van der Waals surface area (Å²) >= 11 is 1.71. The second-order valence-corrected chi connectivity index (χ2v) is 5.34. The molecule has 0 fully saturated rings. The number of H-pyrrole nitrogens is 1. The molecule has 0 aliphatic rings. The lowest BCUT2D eigenvalue weighted by Crippen LogP contribution is -1.96. The smallest absolute Gasteiger partial charge is 0.166 e. The summed E-state index contributed by atoms with van der Waals surface area (Å²) in [6.07, 6.45) is 0. The van der Waals surface area contributed by atoms with Gasteiger partial charge in [-0.1, -0.05) is 48.2 Å². The minimum atomic E-state index is 0.586. The van der Waals surface area contributed by atoms with Gasteiger partial charge in [0.1, 0.15) is 0 Å². The third kappa shape index (κ3) is 2.80. The second-order valence-electron chi connectivity index (χ2n) is 4.37. The lowest BCUT2D eigenvalue weighted by atomic mass is 10.1. The van der Waals surface area contributed by atoms with Gasteiger partial charge in [0.15, 0.2) is 5.16 Å². The van der Waals surface area contributed by atoms with Crippen molar-refractivity contribution in [1.29, 1.82) is 0 Å². The molecule has 0 atom stereocenters. The summed E-state index contributed by atoms with van der Waals surface area (Å²) in [4.78, 5) is 7.87. The number of aromatic amines is 1. The largest absolute Gasteiger partial charge is 0.333 e. The molecule has 0 bridgehead atoms. The average molecular weight is 269 g/mol. The first-order chi connectivity index (χ1) is 9.35. The molecule has 1 aromatic heterocycles. The minimum Gasteiger partial charge on any atom is -0.333 e. The number of hydrogen-bond donors (Lipinski definition) is 2. The van der Waals surface area contributed by atoms with Gasteiger partial charge in [0.25, 0.3) is 0 Å². The Morgan fingerprint density at radius 2 is 1.89 bits per heavy atom. The summed E-state index contributed by atoms with van der Waals surface area (Å²) in [6.45, 7) is 0.586. The predicted molar refractivity (Wildman–Crippen MR) is 80.0 cm³/mol. The first-order valence-corrected chi connectivity index (χ1v) is 7.19. The molecule has 4 heteroatoms. The lowest BCUT2D eigenvalue weighted by molar-refractivity contribution is 1.06. The number of benzene rings is 2. The molecule has 0 radical (unpaired) electrons. The zero-order valence-electron chi connectivity index (χ0n) is 10.5. The van der Waals surface area contributed by atoms with Crippen LogP contribution in [0.15, 0.2) is 53.7 Å². The monoisotopic (exact) mass is 269 g/mol. The number of nitrogens with one attached hydrogen (secondary N) is 1. The van der Waals surface area contributed by atoms with Crippen LogP contribution in [0.4, 0.5) is 0 Å². The van der Waals surface area contributed by atoms with Crippen LogP contribution in [0.2, 0.25) is 0 Å². The fourth-order valence-corrected chi connectivity index (χ4v) is 2.82. The topological polar surface area (TPSA) is 54.7 Å². The summed E-state index contributed by atoms with van der Waals surface area (Å²) in [5.41, 5.74) is 10.2. The maximum Gasteiger partial charge on any atom is 0.166 e. The standard InChI is InChI=1S/C15H15N3S/c16-9-11-4-3-5-12(8-11)10-19-15-17-13-6-1-2-7-14(13)18-15/h1-8H,9-10,16H2,(H,17,18). The first kappa shape index (κ1) is 12.3. The van der Waals surface area contributed by atoms with Gasteiger partial charge < -0.3 is 10.7 Å². The molecule has 19 heavy (non-hydrogen) atoms. The van der Waals surface area contributed by atoms with Crippen LogP contribution in [0.3, 0.4) is 0 Å². The van der Waals surface area contributed by atoms with Crippen LogP contribution in [0.25, 0.3) is 11.0 Å². The van der Waals surface area contributed by atoms with Crippen LogP contribution in [-0.2, 0) is 12.3 Å². The number of para-hydroxylation sites is 2. The Labute approximate surface area is 116 Å². The van der Waals surface area contributed by atoms with Crippen molar-refractivity contribution in [2.75, 3.05) is 0 Å². The first-order valence-electron chi connectivity index (χ1n) is 6.20. The molecule has 0 saturated heterocycles. The highest BCUT2D eigenvalue weighted by Gasteiger charge is 2.03. The molecule has 3 aromatic rings. The number of aromatic nitrogens is 2. The number of thioether (sulfide) groups is 1. The van der Waals surface area contributed by atoms with Crippen molar-refractivity contribution in [2.45, 2.75) is 17.5 Å². The Balaban J connectivity index is 1.74. The summed E-state index contributed by atoms with van der Waals surface area (Å²) in [5, 5.41) is 0.958. The quantitative estimate of drug-likeness (QED) is 0.714. The van der Waals surface area contributed by atoms with Gasteiger partial charge in [-0.2, -0.15) is 0 Å². The number of hydrogen-bond acceptors (Lipinski definition) is 3. The van der Waals surface area contributed by atoms with Gasteiger partial charge in [-0.15, -0.1) is 0 Å². The van der Waals surface area contributed by atoms with E-state index < -0.39 is 0 Å². The molecule has 3 rings (SSSR count). The molecule has 96 valence electrons. The molecule has 0 unspecified atom stereocenters. The molecule has 0 spiro atoms. The highest BCUT2D eigenvalue weighted by atomic mass is 32.2. The zero-order chi connectivity index (χ0) is 13.1. The van der Waals surface area contributed by atoms with Crippen LogP contribution < -0.4 is 5.73 Å². The Bertz CT molecular complexity index is 657. The highest BCUT2D eigenvalue weighted by Crippen LogP contribution is 2.23. The molecule has 3 nitrogen and oxygen atoms in total. The number of nitrogens with zero attached hydrogens (tertiary/aromatic N) is 1. The summed E-state index contributed by atoms with van der Waals surface area (Å²) in [7, 11) is 0. The molecule has 1 heterocycles. The summed E-state index contributed by atoms with van der Waals surface area (Å²) in [5.74, 6) is 0.896. The van der Waals surface area contributed by atoms with E-state index in [2.05, 4.69) is 34.2 Å². The van der Waals surface area contributed by atoms with Gasteiger partial charge in [0.2, 0.25) is 0 Å². The molecule has 0 saturated carbocycles. The Kier molecular flexibility index (Phi) is 3.53. The van der Waals surface area contributed by atoms with Gasteiger partial charge in [-0.25, -0.2) is 4.98 Å². The van der Waals surface area contributed by atoms with E-state index >= 15 is 0 Å². The molecule has 0 aliphatic carbocycles. The van der Waals surface area contributed by atoms with Gasteiger partial charge in [-0.3, -0.25) is 0 Å². The van der Waals surface area contributed by atoms with Gasteiger partial charge >= 0.3 is 0 Å². The fraction of sp³-hybridized carbons (Fsp3) is 0.133. The third-order valence-corrected chi connectivity index (χ3v) is 3.91. The Morgan fingerprint density at radius 3 is 2.74 bits per heavy atom. The van der Waals surface area contributed by atoms with Gasteiger partial charge in [0.05, 0.1) is 11.0 Å². The third-order valence-electron chi connectivity index (χ3n) is 2.97. The maximum absolute atomic E-state index is 5.65. The molecule has 3 N–H and O–H groups in total. The van der Waals surface area contributed by atoms with Crippen LogP contribution in [-0.4, -0.2) is 9.97 Å². The van der Waals surface area contributed by atoms with E-state index in [-0.39, 0.29) is 0 Å². The molecule has 0 aliphatic heterocycles. The Morgan fingerprint density at radius 1 is 1.05 bits per heavy atom. The van der Waals surface area contributed by atoms with E-state index in [0.717, 1.165) is 21.9 Å². The van der Waals surface area contributed by atoms with Crippen LogP contribution in [0.5, 0.6) is 0 Å². The van der Waals surface area contributed by atoms with E-state index in [1.54, 1.807) is 11.8 Å². The van der Waals surface area contributed by atoms with Gasteiger partial charge in [0, 0.05) is 12.3 Å². The van der Waals surface area contributed by atoms with Crippen molar-refractivity contribution in [1.82, 2.24) is 9.97 Å². The number of fused-ring (bicyclic) bond motifs is 1.